The molecule has 1 unspecified atom stereocenters. The number of amides is 1. The molecule has 1 N–H and O–H groups in total. The molecule has 0 spiro atoms. The van der Waals surface area contributed by atoms with Crippen LogP contribution in [0.3, 0.4) is 0 Å². The second-order valence-electron chi connectivity index (χ2n) is 15.6. The van der Waals surface area contributed by atoms with Crippen LogP contribution in [0, 0.1) is 55.7 Å². The lowest BCUT2D eigenvalue weighted by Crippen LogP contribution is -2.61. The maximum Gasteiger partial charge on any atom is 0.311 e. The Labute approximate surface area is 243 Å². The van der Waals surface area contributed by atoms with E-state index in [0.717, 1.165) is 38.5 Å². The van der Waals surface area contributed by atoms with E-state index >= 15 is 0 Å². The predicted octanol–water partition coefficient (Wildman–Crippen LogP) is 7.17. The van der Waals surface area contributed by atoms with Crippen LogP contribution in [0.15, 0.2) is 11.6 Å². The van der Waals surface area contributed by atoms with Gasteiger partial charge in [0, 0.05) is 17.9 Å². The van der Waals surface area contributed by atoms with E-state index in [1.54, 1.807) is 0 Å². The molecule has 1 saturated heterocycles. The van der Waals surface area contributed by atoms with Gasteiger partial charge in [-0.2, -0.15) is 5.26 Å². The van der Waals surface area contributed by atoms with Gasteiger partial charge in [-0.15, -0.1) is 0 Å². The van der Waals surface area contributed by atoms with Crippen molar-refractivity contribution in [3.05, 3.63) is 11.6 Å². The minimum Gasteiger partial charge on any atom is -0.469 e. The molecule has 0 aromatic carbocycles. The summed E-state index contributed by atoms with van der Waals surface area (Å²) < 4.78 is 5.35. The fourth-order valence-electron chi connectivity index (χ4n) is 8.84. The van der Waals surface area contributed by atoms with Crippen LogP contribution in [0.1, 0.15) is 121 Å². The number of nitrogens with zero attached hydrogens (tertiary/aromatic N) is 1. The number of nitriles is 1. The summed E-state index contributed by atoms with van der Waals surface area (Å²) in [5, 5.41) is 13.2. The van der Waals surface area contributed by atoms with E-state index in [-0.39, 0.29) is 57.4 Å². The highest BCUT2D eigenvalue weighted by Gasteiger charge is 2.66. The molecule has 1 aliphatic heterocycles. The summed E-state index contributed by atoms with van der Waals surface area (Å²) in [6.07, 6.45) is 8.18. The molecular weight excluding hydrogens is 500 g/mol. The molecular formula is C34H54N2O4. The van der Waals surface area contributed by atoms with Crippen LogP contribution in [0.2, 0.25) is 0 Å². The summed E-state index contributed by atoms with van der Waals surface area (Å²) in [5.74, 6) is -0.229. The van der Waals surface area contributed by atoms with E-state index in [2.05, 4.69) is 59.9 Å². The summed E-state index contributed by atoms with van der Waals surface area (Å²) in [5.41, 5.74) is -1.98. The van der Waals surface area contributed by atoms with E-state index in [1.165, 1.54) is 7.11 Å². The molecule has 0 bridgehead atoms. The molecule has 3 aliphatic rings. The maximum absolute atomic E-state index is 13.4. The van der Waals surface area contributed by atoms with Crippen molar-refractivity contribution in [2.45, 2.75) is 127 Å². The number of rotatable bonds is 8. The van der Waals surface area contributed by atoms with Crippen molar-refractivity contribution in [2.24, 2.45) is 44.3 Å². The van der Waals surface area contributed by atoms with E-state index in [0.29, 0.717) is 12.8 Å². The molecule has 40 heavy (non-hydrogen) atoms. The molecule has 2 aliphatic carbocycles. The van der Waals surface area contributed by atoms with Crippen molar-refractivity contribution in [2.75, 3.05) is 7.11 Å². The average molecular weight is 555 g/mol. The SMILES string of the molecule is CCC(C)(C)CC[C@@](C)(CC[C@]1(C)C(C)NC(=O)C[C@@H]2[C@@]3(C)C=C(C#N)C(=O)C(C)(C)[C@@H]3CC[C@]21C)C(=O)OC. The van der Waals surface area contributed by atoms with Gasteiger partial charge >= 0.3 is 5.97 Å². The lowest BCUT2D eigenvalue weighted by molar-refractivity contribution is -0.160. The van der Waals surface area contributed by atoms with Gasteiger partial charge in [0.2, 0.25) is 5.91 Å². The zero-order valence-corrected chi connectivity index (χ0v) is 27.0. The molecule has 1 heterocycles. The summed E-state index contributed by atoms with van der Waals surface area (Å²) in [4.78, 5) is 39.9. The minimum atomic E-state index is -0.670. The van der Waals surface area contributed by atoms with Gasteiger partial charge in [-0.1, -0.05) is 67.9 Å². The number of ketones is 1. The number of hydrogen-bond acceptors (Lipinski definition) is 5. The predicted molar refractivity (Wildman–Crippen MR) is 158 cm³/mol. The number of fused-ring (bicyclic) bond motifs is 3. The number of methoxy groups -OCH3 is 1. The Hall–Kier alpha value is -2.16. The number of nitrogens with one attached hydrogen (secondary N) is 1. The maximum atomic E-state index is 13.4. The quantitative estimate of drug-likeness (QED) is 0.321. The number of ether oxygens (including phenoxy) is 1. The summed E-state index contributed by atoms with van der Waals surface area (Å²) in [6, 6.07) is 2.09. The summed E-state index contributed by atoms with van der Waals surface area (Å²) >= 11 is 0. The van der Waals surface area contributed by atoms with E-state index in [9.17, 15) is 19.6 Å². The van der Waals surface area contributed by atoms with Gasteiger partial charge in [0.15, 0.2) is 5.78 Å². The van der Waals surface area contributed by atoms with E-state index < -0.39 is 16.2 Å². The normalized spacial score (nSPS) is 37.0. The number of esters is 1. The molecule has 6 heteroatoms. The largest absolute Gasteiger partial charge is 0.469 e. The molecule has 0 aromatic rings. The number of carbonyl (C=O) groups is 3. The van der Waals surface area contributed by atoms with Gasteiger partial charge in [0.05, 0.1) is 18.1 Å². The van der Waals surface area contributed by atoms with Crippen LogP contribution in [-0.2, 0) is 19.1 Å². The molecule has 224 valence electrons. The van der Waals surface area contributed by atoms with Gasteiger partial charge in [0.1, 0.15) is 6.07 Å². The second kappa shape index (κ2) is 10.6. The lowest BCUT2D eigenvalue weighted by Gasteiger charge is -2.64. The third-order valence-corrected chi connectivity index (χ3v) is 12.7. The van der Waals surface area contributed by atoms with Crippen molar-refractivity contribution in [3.8, 4) is 6.07 Å². The van der Waals surface area contributed by atoms with Crippen molar-refractivity contribution in [1.82, 2.24) is 5.32 Å². The Morgan fingerprint density at radius 1 is 1.10 bits per heavy atom. The van der Waals surface area contributed by atoms with Gasteiger partial charge < -0.3 is 10.1 Å². The molecule has 1 amide bonds. The number of hydrogen-bond donors (Lipinski definition) is 1. The highest BCUT2D eigenvalue weighted by atomic mass is 16.5. The fraction of sp³-hybridized carbons (Fsp3) is 0.824. The number of carbonyl (C=O) groups excluding carboxylic acids is 3. The Morgan fingerprint density at radius 3 is 2.27 bits per heavy atom. The van der Waals surface area contributed by atoms with Gasteiger partial charge in [-0.05, 0) is 85.9 Å². The molecule has 0 aromatic heterocycles. The van der Waals surface area contributed by atoms with Crippen molar-refractivity contribution in [3.63, 3.8) is 0 Å². The Balaban J connectivity index is 2.08. The van der Waals surface area contributed by atoms with Crippen LogP contribution < -0.4 is 5.32 Å². The van der Waals surface area contributed by atoms with Gasteiger partial charge in [-0.3, -0.25) is 14.4 Å². The standard InChI is InChI=1S/C34H54N2O4/c1-12-29(3,4)15-16-31(7,28(39)40-11)17-18-33(9)22(2)36-26(37)19-25-32(8)20-23(21-35)27(38)30(5,6)24(32)13-14-34(25,33)10/h20,22,24-25H,12-19H2,1-11H3,(H,36,37)/t22?,24-,25+,31-,32-,33+,34+/m0/s1. The van der Waals surface area contributed by atoms with Crippen molar-refractivity contribution in [1.29, 1.82) is 5.26 Å². The average Bonchev–Trinajstić information content (AvgIpc) is 2.96. The zero-order chi connectivity index (χ0) is 30.5. The third kappa shape index (κ3) is 5.05. The third-order valence-electron chi connectivity index (χ3n) is 12.7. The highest BCUT2D eigenvalue weighted by Crippen LogP contribution is 2.69. The zero-order valence-electron chi connectivity index (χ0n) is 27.0. The number of Topliss-reactive ketones (excluding diaryl/α,β-unsaturated/α-hetero) is 1. The molecule has 2 fully saturated rings. The van der Waals surface area contributed by atoms with Crippen LogP contribution in [0.25, 0.3) is 0 Å². The molecule has 3 rings (SSSR count). The van der Waals surface area contributed by atoms with E-state index in [4.69, 9.17) is 4.74 Å². The number of allylic oxidation sites excluding steroid dienone is 2. The molecule has 1 saturated carbocycles. The van der Waals surface area contributed by atoms with Crippen LogP contribution in [0.5, 0.6) is 0 Å². The lowest BCUT2D eigenvalue weighted by atomic mass is 9.39. The first kappa shape index (κ1) is 32.4. The van der Waals surface area contributed by atoms with Crippen molar-refractivity contribution < 1.29 is 19.1 Å². The topological polar surface area (TPSA) is 96.3 Å². The van der Waals surface area contributed by atoms with Crippen molar-refractivity contribution >= 4 is 17.7 Å². The highest BCUT2D eigenvalue weighted by molar-refractivity contribution is 6.04. The smallest absolute Gasteiger partial charge is 0.311 e. The first-order valence-electron chi connectivity index (χ1n) is 15.3. The monoisotopic (exact) mass is 554 g/mol. The summed E-state index contributed by atoms with van der Waals surface area (Å²) in [6.45, 7) is 21.6. The fourth-order valence-corrected chi connectivity index (χ4v) is 8.84. The molecule has 0 radical (unpaired) electrons. The second-order valence-corrected chi connectivity index (χ2v) is 15.6. The first-order chi connectivity index (χ1) is 18.3. The van der Waals surface area contributed by atoms with E-state index in [1.807, 2.05) is 26.8 Å². The first-order valence-corrected chi connectivity index (χ1v) is 15.3. The Morgan fingerprint density at radius 2 is 1.73 bits per heavy atom. The summed E-state index contributed by atoms with van der Waals surface area (Å²) in [7, 11) is 1.48. The molecule has 6 nitrogen and oxygen atoms in total. The van der Waals surface area contributed by atoms with Crippen LogP contribution in [-0.4, -0.2) is 30.8 Å². The Bertz CT molecular complexity index is 1120. The van der Waals surface area contributed by atoms with Gasteiger partial charge in [-0.25, -0.2) is 0 Å². The Kier molecular flexibility index (Phi) is 8.57. The molecule has 7 atom stereocenters. The van der Waals surface area contributed by atoms with Crippen LogP contribution >= 0.6 is 0 Å². The minimum absolute atomic E-state index is 0.0244. The van der Waals surface area contributed by atoms with Crippen LogP contribution in [0.4, 0.5) is 0 Å². The van der Waals surface area contributed by atoms with Gasteiger partial charge in [0.25, 0.3) is 0 Å².